The normalized spacial score (nSPS) is 24.9. The number of piperidine rings is 1. The number of H-pyrrole nitrogens is 1. The van der Waals surface area contributed by atoms with Crippen molar-refractivity contribution < 1.29 is 9.59 Å². The molecule has 1 atom stereocenters. The number of rotatable bonds is 4. The van der Waals surface area contributed by atoms with Gasteiger partial charge in [0.25, 0.3) is 5.91 Å². The van der Waals surface area contributed by atoms with E-state index in [-0.39, 0.29) is 17.2 Å². The van der Waals surface area contributed by atoms with Gasteiger partial charge in [-0.05, 0) is 39.4 Å². The van der Waals surface area contributed by atoms with Gasteiger partial charge in [0, 0.05) is 45.1 Å². The van der Waals surface area contributed by atoms with E-state index in [0.717, 1.165) is 45.4 Å². The lowest BCUT2D eigenvalue weighted by Crippen LogP contribution is -2.50. The Labute approximate surface area is 137 Å². The molecule has 0 radical (unpaired) electrons. The van der Waals surface area contributed by atoms with Crippen LogP contribution in [0.4, 0.5) is 0 Å². The smallest absolute Gasteiger partial charge is 0.255 e. The molecule has 2 amide bonds. The summed E-state index contributed by atoms with van der Waals surface area (Å²) < 4.78 is 0. The van der Waals surface area contributed by atoms with Gasteiger partial charge in [0.2, 0.25) is 5.91 Å². The fourth-order valence-electron chi connectivity index (χ4n) is 3.75. The zero-order chi connectivity index (χ0) is 16.4. The first kappa shape index (κ1) is 16.1. The summed E-state index contributed by atoms with van der Waals surface area (Å²) in [5, 5.41) is 0. The first-order valence-electron chi connectivity index (χ1n) is 8.38. The molecule has 6 nitrogen and oxygen atoms in total. The van der Waals surface area contributed by atoms with Gasteiger partial charge in [-0.25, -0.2) is 0 Å². The summed E-state index contributed by atoms with van der Waals surface area (Å²) in [6.45, 7) is 3.79. The molecule has 1 aromatic rings. The maximum absolute atomic E-state index is 12.9. The van der Waals surface area contributed by atoms with Crippen LogP contribution in [0.3, 0.4) is 0 Å². The molecule has 2 saturated heterocycles. The minimum Gasteiger partial charge on any atom is -0.367 e. The first-order valence-corrected chi connectivity index (χ1v) is 8.38. The van der Waals surface area contributed by atoms with Crippen molar-refractivity contribution in [2.24, 2.45) is 5.41 Å². The number of aromatic amines is 1. The van der Waals surface area contributed by atoms with Crippen LogP contribution in [0.1, 0.15) is 29.6 Å². The van der Waals surface area contributed by atoms with Gasteiger partial charge in [0.1, 0.15) is 0 Å². The van der Waals surface area contributed by atoms with Crippen molar-refractivity contribution in [2.45, 2.75) is 19.3 Å². The number of hydrogen-bond acceptors (Lipinski definition) is 3. The second-order valence-electron chi connectivity index (χ2n) is 7.06. The topological polar surface area (TPSA) is 59.6 Å². The zero-order valence-electron chi connectivity index (χ0n) is 14.0. The van der Waals surface area contributed by atoms with E-state index in [9.17, 15) is 9.59 Å². The van der Waals surface area contributed by atoms with Crippen LogP contribution in [-0.4, -0.2) is 78.3 Å². The van der Waals surface area contributed by atoms with E-state index in [1.165, 1.54) is 0 Å². The lowest BCUT2D eigenvalue weighted by molar-refractivity contribution is -0.138. The minimum absolute atomic E-state index is 0.0323. The van der Waals surface area contributed by atoms with Crippen molar-refractivity contribution >= 4 is 11.8 Å². The minimum atomic E-state index is -0.351. The van der Waals surface area contributed by atoms with Gasteiger partial charge >= 0.3 is 0 Å². The van der Waals surface area contributed by atoms with Crippen molar-refractivity contribution in [2.75, 3.05) is 46.8 Å². The Kier molecular flexibility index (Phi) is 4.43. The molecule has 0 saturated carbocycles. The quantitative estimate of drug-likeness (QED) is 0.902. The third-order valence-electron chi connectivity index (χ3n) is 5.13. The highest BCUT2D eigenvalue weighted by Crippen LogP contribution is 2.40. The number of nitrogens with zero attached hydrogens (tertiary/aromatic N) is 3. The highest BCUT2D eigenvalue weighted by molar-refractivity contribution is 5.95. The number of nitrogens with one attached hydrogen (secondary N) is 1. The fraction of sp³-hybridized carbons (Fsp3) is 0.647. The van der Waals surface area contributed by atoms with Crippen molar-refractivity contribution in [1.82, 2.24) is 19.7 Å². The molecule has 2 aliphatic heterocycles. The molecule has 3 rings (SSSR count). The van der Waals surface area contributed by atoms with Crippen LogP contribution in [0.25, 0.3) is 0 Å². The molecule has 1 spiro atoms. The number of likely N-dealkylation sites (N-methyl/N-ethyl adjacent to an activating group) is 1. The molecule has 126 valence electrons. The van der Waals surface area contributed by atoms with Crippen LogP contribution >= 0.6 is 0 Å². The van der Waals surface area contributed by atoms with Crippen molar-refractivity contribution in [3.63, 3.8) is 0 Å². The van der Waals surface area contributed by atoms with Crippen LogP contribution in [0.5, 0.6) is 0 Å². The molecule has 6 heteroatoms. The van der Waals surface area contributed by atoms with Crippen LogP contribution in [-0.2, 0) is 4.79 Å². The van der Waals surface area contributed by atoms with Crippen molar-refractivity contribution in [3.05, 3.63) is 24.0 Å². The van der Waals surface area contributed by atoms with Gasteiger partial charge < -0.3 is 19.7 Å². The maximum atomic E-state index is 12.9. The zero-order valence-corrected chi connectivity index (χ0v) is 14.0. The molecule has 0 aromatic carbocycles. The molecule has 2 fully saturated rings. The fourth-order valence-corrected chi connectivity index (χ4v) is 3.75. The summed E-state index contributed by atoms with van der Waals surface area (Å²) in [6.07, 6.45) is 6.17. The van der Waals surface area contributed by atoms with Gasteiger partial charge in [-0.15, -0.1) is 0 Å². The SMILES string of the molecule is CN(C)CCN1CCC2(CCCN(C(=O)c3cc[nH]c3)C2)C1=O. The second kappa shape index (κ2) is 6.35. The third-order valence-corrected chi connectivity index (χ3v) is 5.13. The number of carbonyl (C=O) groups is 2. The molecule has 1 unspecified atom stereocenters. The average molecular weight is 318 g/mol. The molecule has 3 heterocycles. The van der Waals surface area contributed by atoms with Gasteiger partial charge in [-0.1, -0.05) is 0 Å². The van der Waals surface area contributed by atoms with Crippen LogP contribution in [0.15, 0.2) is 18.5 Å². The maximum Gasteiger partial charge on any atom is 0.255 e. The highest BCUT2D eigenvalue weighted by atomic mass is 16.2. The molecule has 0 bridgehead atoms. The Morgan fingerprint density at radius 1 is 1.35 bits per heavy atom. The summed E-state index contributed by atoms with van der Waals surface area (Å²) in [5.41, 5.74) is 0.327. The van der Waals surface area contributed by atoms with E-state index < -0.39 is 0 Å². The summed E-state index contributed by atoms with van der Waals surface area (Å²) >= 11 is 0. The van der Waals surface area contributed by atoms with Crippen LogP contribution in [0, 0.1) is 5.41 Å². The largest absolute Gasteiger partial charge is 0.367 e. The number of hydrogen-bond donors (Lipinski definition) is 1. The predicted octanol–water partition coefficient (Wildman–Crippen LogP) is 1.03. The Morgan fingerprint density at radius 2 is 2.17 bits per heavy atom. The number of carbonyl (C=O) groups excluding carboxylic acids is 2. The number of aromatic nitrogens is 1. The summed E-state index contributed by atoms with van der Waals surface area (Å²) in [4.78, 5) is 34.4. The van der Waals surface area contributed by atoms with Crippen molar-refractivity contribution in [3.8, 4) is 0 Å². The molecule has 0 aliphatic carbocycles. The Bertz CT molecular complexity index is 569. The monoisotopic (exact) mass is 318 g/mol. The molecular weight excluding hydrogens is 292 g/mol. The van der Waals surface area contributed by atoms with Crippen LogP contribution < -0.4 is 0 Å². The second-order valence-corrected chi connectivity index (χ2v) is 7.06. The molecule has 1 N–H and O–H groups in total. The average Bonchev–Trinajstić information content (AvgIpc) is 3.16. The van der Waals surface area contributed by atoms with E-state index >= 15 is 0 Å². The van der Waals surface area contributed by atoms with Gasteiger partial charge in [-0.3, -0.25) is 9.59 Å². The van der Waals surface area contributed by atoms with Crippen molar-refractivity contribution in [1.29, 1.82) is 0 Å². The first-order chi connectivity index (χ1) is 11.0. The van der Waals surface area contributed by atoms with Gasteiger partial charge in [-0.2, -0.15) is 0 Å². The Morgan fingerprint density at radius 3 is 2.87 bits per heavy atom. The Hall–Kier alpha value is -1.82. The van der Waals surface area contributed by atoms with E-state index in [0.29, 0.717) is 12.1 Å². The number of likely N-dealkylation sites (tertiary alicyclic amines) is 2. The van der Waals surface area contributed by atoms with Crippen LogP contribution in [0.2, 0.25) is 0 Å². The lowest BCUT2D eigenvalue weighted by atomic mass is 9.78. The Balaban J connectivity index is 1.68. The standard InChI is InChI=1S/C17H26N4O2/c1-19(2)10-11-20-9-6-17(16(20)23)5-3-8-21(13-17)15(22)14-4-7-18-12-14/h4,7,12,18H,3,5-6,8-11,13H2,1-2H3. The van der Waals surface area contributed by atoms with E-state index in [2.05, 4.69) is 9.88 Å². The predicted molar refractivity (Wildman–Crippen MR) is 88.1 cm³/mol. The van der Waals surface area contributed by atoms with Gasteiger partial charge in [0.05, 0.1) is 11.0 Å². The summed E-state index contributed by atoms with van der Waals surface area (Å²) in [7, 11) is 4.04. The molecule has 1 aromatic heterocycles. The van der Waals surface area contributed by atoms with E-state index in [1.807, 2.05) is 23.9 Å². The number of amides is 2. The summed E-state index contributed by atoms with van der Waals surface area (Å²) in [5.74, 6) is 0.274. The van der Waals surface area contributed by atoms with E-state index in [4.69, 9.17) is 0 Å². The molecule has 2 aliphatic rings. The molecule has 23 heavy (non-hydrogen) atoms. The van der Waals surface area contributed by atoms with E-state index in [1.54, 1.807) is 18.5 Å². The molecular formula is C17H26N4O2. The lowest BCUT2D eigenvalue weighted by Gasteiger charge is -2.39. The third kappa shape index (κ3) is 3.13. The highest BCUT2D eigenvalue weighted by Gasteiger charge is 2.49. The van der Waals surface area contributed by atoms with Gasteiger partial charge in [0.15, 0.2) is 0 Å². The summed E-state index contributed by atoms with van der Waals surface area (Å²) in [6, 6.07) is 1.80.